The van der Waals surface area contributed by atoms with Gasteiger partial charge in [0.05, 0.1) is 13.2 Å². The molecule has 6 heteroatoms. The monoisotopic (exact) mass is 351 g/mol. The van der Waals surface area contributed by atoms with Crippen molar-refractivity contribution in [2.45, 2.75) is 38.3 Å². The molecule has 0 spiro atoms. The summed E-state index contributed by atoms with van der Waals surface area (Å²) in [6.45, 7) is 8.90. The topological polar surface area (TPSA) is 55.8 Å². The van der Waals surface area contributed by atoms with E-state index in [0.29, 0.717) is 30.7 Å². The van der Waals surface area contributed by atoms with E-state index in [1.807, 2.05) is 23.1 Å². The summed E-state index contributed by atoms with van der Waals surface area (Å²) in [7, 11) is 0. The van der Waals surface area contributed by atoms with Crippen LogP contribution in [0.4, 0.5) is 5.69 Å². The van der Waals surface area contributed by atoms with Crippen LogP contribution in [0, 0.1) is 0 Å². The van der Waals surface area contributed by atoms with E-state index in [2.05, 4.69) is 31.0 Å². The highest BCUT2D eigenvalue weighted by Gasteiger charge is 2.39. The van der Waals surface area contributed by atoms with Crippen molar-refractivity contribution in [1.29, 1.82) is 0 Å². The minimum absolute atomic E-state index is 0.0143. The van der Waals surface area contributed by atoms with Crippen LogP contribution in [-0.4, -0.2) is 60.8 Å². The number of amides is 1. The van der Waals surface area contributed by atoms with E-state index in [0.717, 1.165) is 17.8 Å². The van der Waals surface area contributed by atoms with Crippen LogP contribution >= 0.6 is 11.6 Å². The highest BCUT2D eigenvalue weighted by molar-refractivity contribution is 6.31. The smallest absolute Gasteiger partial charge is 0.241 e. The van der Waals surface area contributed by atoms with Crippen LogP contribution in [0.15, 0.2) is 18.2 Å². The Morgan fingerprint density at radius 2 is 2.21 bits per heavy atom. The van der Waals surface area contributed by atoms with E-state index in [1.165, 1.54) is 0 Å². The summed E-state index contributed by atoms with van der Waals surface area (Å²) in [5.74, 6) is 0.0663. The molecule has 1 aromatic carbocycles. The Bertz CT molecular complexity index is 635. The quantitative estimate of drug-likeness (QED) is 0.869. The van der Waals surface area contributed by atoms with Crippen LogP contribution in [0.5, 0.6) is 0 Å². The van der Waals surface area contributed by atoms with Crippen LogP contribution < -0.4 is 10.2 Å². The Labute approximate surface area is 148 Å². The molecule has 2 aliphatic rings. The number of nitrogens with zero attached hydrogens (tertiary/aromatic N) is 2. The number of aliphatic hydroxyl groups is 1. The lowest BCUT2D eigenvalue weighted by Crippen LogP contribution is -2.59. The Balaban J connectivity index is 1.80. The summed E-state index contributed by atoms with van der Waals surface area (Å²) in [6.07, 6.45) is 0. The van der Waals surface area contributed by atoms with Crippen molar-refractivity contribution in [2.24, 2.45) is 0 Å². The normalized spacial score (nSPS) is 26.5. The molecular formula is C18H26ClN3O2. The average molecular weight is 352 g/mol. The van der Waals surface area contributed by atoms with Gasteiger partial charge >= 0.3 is 0 Å². The van der Waals surface area contributed by atoms with Crippen molar-refractivity contribution in [2.75, 3.05) is 37.7 Å². The molecule has 0 bridgehead atoms. The van der Waals surface area contributed by atoms with Crippen molar-refractivity contribution < 1.29 is 9.90 Å². The number of fused-ring (bicyclic) bond motifs is 1. The number of carbonyl (C=O) groups excluding carboxylic acids is 1. The Hall–Kier alpha value is -1.14. The van der Waals surface area contributed by atoms with E-state index in [1.54, 1.807) is 0 Å². The second kappa shape index (κ2) is 6.64. The number of aliphatic hydroxyl groups excluding tert-OH is 1. The Morgan fingerprint density at radius 3 is 2.92 bits per heavy atom. The molecule has 1 amide bonds. The van der Waals surface area contributed by atoms with Crippen LogP contribution in [0.25, 0.3) is 0 Å². The first-order chi connectivity index (χ1) is 11.3. The molecule has 5 nitrogen and oxygen atoms in total. The van der Waals surface area contributed by atoms with Crippen LogP contribution in [0.1, 0.15) is 26.3 Å². The molecular weight excluding hydrogens is 326 g/mol. The van der Waals surface area contributed by atoms with Gasteiger partial charge < -0.3 is 15.3 Å². The van der Waals surface area contributed by atoms with Gasteiger partial charge in [0, 0.05) is 47.8 Å². The lowest BCUT2D eigenvalue weighted by Gasteiger charge is -2.38. The summed E-state index contributed by atoms with van der Waals surface area (Å²) in [6, 6.07) is 6.09. The zero-order valence-corrected chi connectivity index (χ0v) is 15.3. The SMILES string of the molecule is C[C@@H]1CN(CC(=O)N2CC(C)(C)c3ccc(Cl)cc32)C(CO)CN1. The third-order valence-corrected chi connectivity index (χ3v) is 5.35. The zero-order chi connectivity index (χ0) is 17.5. The fraction of sp³-hybridized carbons (Fsp3) is 0.611. The lowest BCUT2D eigenvalue weighted by molar-refractivity contribution is -0.121. The molecule has 0 radical (unpaired) electrons. The van der Waals surface area contributed by atoms with Gasteiger partial charge in [0.1, 0.15) is 0 Å². The van der Waals surface area contributed by atoms with Crippen molar-refractivity contribution in [3.05, 3.63) is 28.8 Å². The predicted molar refractivity (Wildman–Crippen MR) is 96.7 cm³/mol. The second-order valence-electron chi connectivity index (χ2n) is 7.60. The molecule has 1 unspecified atom stereocenters. The number of halogens is 1. The van der Waals surface area contributed by atoms with E-state index >= 15 is 0 Å². The molecule has 132 valence electrons. The van der Waals surface area contributed by atoms with Gasteiger partial charge in [-0.25, -0.2) is 0 Å². The molecule has 1 fully saturated rings. The second-order valence-corrected chi connectivity index (χ2v) is 8.04. The van der Waals surface area contributed by atoms with Gasteiger partial charge in [0.25, 0.3) is 0 Å². The van der Waals surface area contributed by atoms with Gasteiger partial charge in [-0.05, 0) is 24.6 Å². The molecule has 1 aromatic rings. The summed E-state index contributed by atoms with van der Waals surface area (Å²) in [5.41, 5.74) is 2.00. The van der Waals surface area contributed by atoms with Crippen LogP contribution in [0.3, 0.4) is 0 Å². The van der Waals surface area contributed by atoms with Gasteiger partial charge in [-0.3, -0.25) is 9.69 Å². The molecule has 2 aliphatic heterocycles. The molecule has 0 saturated carbocycles. The standard InChI is InChI=1S/C18H26ClN3O2/c1-12-8-21(14(10-23)7-20-12)9-17(24)22-11-18(2,3)15-5-4-13(19)6-16(15)22/h4-6,12,14,20,23H,7-11H2,1-3H3/t12-,14?/m1/s1. The largest absolute Gasteiger partial charge is 0.395 e. The van der Waals surface area contributed by atoms with Crippen LogP contribution in [-0.2, 0) is 10.2 Å². The minimum Gasteiger partial charge on any atom is -0.395 e. The molecule has 2 atom stereocenters. The first-order valence-electron chi connectivity index (χ1n) is 8.50. The zero-order valence-electron chi connectivity index (χ0n) is 14.6. The van der Waals surface area contributed by atoms with E-state index in [4.69, 9.17) is 11.6 Å². The van der Waals surface area contributed by atoms with E-state index in [-0.39, 0.29) is 24.0 Å². The molecule has 1 saturated heterocycles. The Morgan fingerprint density at radius 1 is 1.46 bits per heavy atom. The summed E-state index contributed by atoms with van der Waals surface area (Å²) >= 11 is 6.15. The molecule has 24 heavy (non-hydrogen) atoms. The predicted octanol–water partition coefficient (Wildman–Crippen LogP) is 1.62. The summed E-state index contributed by atoms with van der Waals surface area (Å²) in [5, 5.41) is 13.6. The van der Waals surface area contributed by atoms with Crippen LogP contribution in [0.2, 0.25) is 5.02 Å². The van der Waals surface area contributed by atoms with Gasteiger partial charge in [0.15, 0.2) is 0 Å². The maximum absolute atomic E-state index is 13.0. The minimum atomic E-state index is -0.0806. The number of hydrogen-bond donors (Lipinski definition) is 2. The highest BCUT2D eigenvalue weighted by atomic mass is 35.5. The maximum Gasteiger partial charge on any atom is 0.241 e. The summed E-state index contributed by atoms with van der Waals surface area (Å²) in [4.78, 5) is 16.9. The third-order valence-electron chi connectivity index (χ3n) is 5.11. The number of carbonyl (C=O) groups is 1. The van der Waals surface area contributed by atoms with Gasteiger partial charge in [-0.1, -0.05) is 31.5 Å². The molecule has 0 aromatic heterocycles. The fourth-order valence-electron chi connectivity index (χ4n) is 3.75. The molecule has 2 N–H and O–H groups in total. The molecule has 2 heterocycles. The van der Waals surface area contributed by atoms with E-state index < -0.39 is 0 Å². The Kier molecular flexibility index (Phi) is 4.89. The van der Waals surface area contributed by atoms with Gasteiger partial charge in [-0.15, -0.1) is 0 Å². The number of rotatable bonds is 3. The number of anilines is 1. The molecule has 0 aliphatic carbocycles. The maximum atomic E-state index is 13.0. The van der Waals surface area contributed by atoms with Crippen molar-refractivity contribution >= 4 is 23.2 Å². The molecule has 3 rings (SSSR count). The number of benzene rings is 1. The van der Waals surface area contributed by atoms with Gasteiger partial charge in [-0.2, -0.15) is 0 Å². The highest BCUT2D eigenvalue weighted by Crippen LogP contribution is 2.41. The first-order valence-corrected chi connectivity index (χ1v) is 8.88. The number of nitrogens with one attached hydrogen (secondary N) is 1. The van der Waals surface area contributed by atoms with Crippen molar-refractivity contribution in [3.63, 3.8) is 0 Å². The van der Waals surface area contributed by atoms with Crippen molar-refractivity contribution in [3.8, 4) is 0 Å². The third kappa shape index (κ3) is 3.31. The van der Waals surface area contributed by atoms with Crippen molar-refractivity contribution in [1.82, 2.24) is 10.2 Å². The summed E-state index contributed by atoms with van der Waals surface area (Å²) < 4.78 is 0. The van der Waals surface area contributed by atoms with E-state index in [9.17, 15) is 9.90 Å². The average Bonchev–Trinajstić information content (AvgIpc) is 2.78. The van der Waals surface area contributed by atoms with Gasteiger partial charge in [0.2, 0.25) is 5.91 Å². The number of hydrogen-bond acceptors (Lipinski definition) is 4. The first kappa shape index (κ1) is 17.7. The fourth-order valence-corrected chi connectivity index (χ4v) is 3.92. The lowest BCUT2D eigenvalue weighted by atomic mass is 9.87. The number of piperazine rings is 1.